The van der Waals surface area contributed by atoms with Gasteiger partial charge in [-0.2, -0.15) is 0 Å². The molecule has 0 aromatic heterocycles. The average Bonchev–Trinajstić information content (AvgIpc) is 2.82. The highest BCUT2D eigenvalue weighted by Gasteiger charge is 2.37. The molecule has 2 aliphatic carbocycles. The van der Waals surface area contributed by atoms with Crippen LogP contribution in [0.25, 0.3) is 0 Å². The van der Waals surface area contributed by atoms with Crippen molar-refractivity contribution in [3.05, 3.63) is 0 Å². The van der Waals surface area contributed by atoms with Crippen LogP contribution >= 0.6 is 0 Å². The standard InChI is InChI=1S/C14H25NO2/c1-11-5-4-8-14(9-11,10-16)15-13(17)12-6-2-3-7-12/h11-12,16H,2-10H2,1H3,(H,15,17). The summed E-state index contributed by atoms with van der Waals surface area (Å²) >= 11 is 0. The molecule has 2 unspecified atom stereocenters. The highest BCUT2D eigenvalue weighted by molar-refractivity contribution is 5.79. The predicted octanol–water partition coefficient (Wildman–Crippen LogP) is 2.23. The minimum atomic E-state index is -0.322. The molecule has 1 amide bonds. The van der Waals surface area contributed by atoms with Crippen molar-refractivity contribution in [1.82, 2.24) is 5.32 Å². The molecular formula is C14H25NO2. The Morgan fingerprint density at radius 1 is 1.29 bits per heavy atom. The third-order valence-electron chi connectivity index (χ3n) is 4.51. The minimum Gasteiger partial charge on any atom is -0.394 e. The monoisotopic (exact) mass is 239 g/mol. The first-order valence-corrected chi connectivity index (χ1v) is 7.08. The normalized spacial score (nSPS) is 34.8. The first kappa shape index (κ1) is 12.9. The summed E-state index contributed by atoms with van der Waals surface area (Å²) < 4.78 is 0. The zero-order chi connectivity index (χ0) is 12.3. The maximum atomic E-state index is 12.2. The number of hydrogen-bond acceptors (Lipinski definition) is 2. The quantitative estimate of drug-likeness (QED) is 0.793. The summed E-state index contributed by atoms with van der Waals surface area (Å²) in [5.41, 5.74) is -0.322. The van der Waals surface area contributed by atoms with Gasteiger partial charge in [0.2, 0.25) is 5.91 Å². The molecule has 0 spiro atoms. The van der Waals surface area contributed by atoms with Crippen LogP contribution in [0.4, 0.5) is 0 Å². The second kappa shape index (κ2) is 5.38. The summed E-state index contributed by atoms with van der Waals surface area (Å²) in [6.07, 6.45) is 8.63. The number of aliphatic hydroxyl groups excluding tert-OH is 1. The minimum absolute atomic E-state index is 0.0931. The fourth-order valence-electron chi connectivity index (χ4n) is 3.51. The van der Waals surface area contributed by atoms with E-state index in [1.165, 1.54) is 19.3 Å². The molecule has 2 atom stereocenters. The molecule has 2 saturated carbocycles. The summed E-state index contributed by atoms with van der Waals surface area (Å²) in [6, 6.07) is 0. The van der Waals surface area contributed by atoms with E-state index in [4.69, 9.17) is 0 Å². The molecule has 2 N–H and O–H groups in total. The van der Waals surface area contributed by atoms with Crippen LogP contribution < -0.4 is 5.32 Å². The zero-order valence-electron chi connectivity index (χ0n) is 10.9. The number of carbonyl (C=O) groups is 1. The van der Waals surface area contributed by atoms with Crippen molar-refractivity contribution in [2.45, 2.75) is 63.8 Å². The topological polar surface area (TPSA) is 49.3 Å². The lowest BCUT2D eigenvalue weighted by atomic mass is 9.76. The van der Waals surface area contributed by atoms with Crippen LogP contribution in [-0.2, 0) is 4.79 Å². The van der Waals surface area contributed by atoms with Crippen molar-refractivity contribution in [3.63, 3.8) is 0 Å². The zero-order valence-corrected chi connectivity index (χ0v) is 10.9. The first-order chi connectivity index (χ1) is 8.15. The number of aliphatic hydroxyl groups is 1. The molecule has 0 aliphatic heterocycles. The van der Waals surface area contributed by atoms with Crippen LogP contribution in [0.3, 0.4) is 0 Å². The Bertz CT molecular complexity index is 273. The van der Waals surface area contributed by atoms with Crippen LogP contribution in [0.1, 0.15) is 58.3 Å². The molecule has 0 aromatic rings. The first-order valence-electron chi connectivity index (χ1n) is 7.08. The Morgan fingerprint density at radius 3 is 2.59 bits per heavy atom. The second-order valence-corrected chi connectivity index (χ2v) is 6.11. The van der Waals surface area contributed by atoms with Gasteiger partial charge < -0.3 is 10.4 Å². The molecule has 2 aliphatic rings. The van der Waals surface area contributed by atoms with Crippen molar-refractivity contribution in [3.8, 4) is 0 Å². The number of hydrogen-bond donors (Lipinski definition) is 2. The number of rotatable bonds is 3. The predicted molar refractivity (Wildman–Crippen MR) is 67.5 cm³/mol. The van der Waals surface area contributed by atoms with Gasteiger partial charge in [-0.05, 0) is 31.6 Å². The Hall–Kier alpha value is -0.570. The summed E-state index contributed by atoms with van der Waals surface area (Å²) in [5, 5.41) is 12.8. The molecular weight excluding hydrogens is 214 g/mol. The Labute approximate surface area is 104 Å². The molecule has 98 valence electrons. The molecule has 3 nitrogen and oxygen atoms in total. The van der Waals surface area contributed by atoms with Gasteiger partial charge in [-0.15, -0.1) is 0 Å². The lowest BCUT2D eigenvalue weighted by molar-refractivity contribution is -0.128. The van der Waals surface area contributed by atoms with Gasteiger partial charge in [-0.3, -0.25) is 4.79 Å². The summed E-state index contributed by atoms with van der Waals surface area (Å²) in [6.45, 7) is 2.31. The molecule has 0 bridgehead atoms. The van der Waals surface area contributed by atoms with Gasteiger partial charge in [0.1, 0.15) is 0 Å². The molecule has 3 heteroatoms. The third kappa shape index (κ3) is 3.01. The fraction of sp³-hybridized carbons (Fsp3) is 0.929. The summed E-state index contributed by atoms with van der Waals surface area (Å²) in [5.74, 6) is 1.00. The molecule has 0 heterocycles. The number of nitrogens with one attached hydrogen (secondary N) is 1. The van der Waals surface area contributed by atoms with E-state index in [0.29, 0.717) is 5.92 Å². The molecule has 0 saturated heterocycles. The van der Waals surface area contributed by atoms with Crippen molar-refractivity contribution in [2.24, 2.45) is 11.8 Å². The Morgan fingerprint density at radius 2 is 2.00 bits per heavy atom. The molecule has 17 heavy (non-hydrogen) atoms. The number of amides is 1. The van der Waals surface area contributed by atoms with Crippen molar-refractivity contribution >= 4 is 5.91 Å². The molecule has 0 radical (unpaired) electrons. The summed E-state index contributed by atoms with van der Waals surface area (Å²) in [4.78, 5) is 12.2. The van der Waals surface area contributed by atoms with Crippen LogP contribution in [0, 0.1) is 11.8 Å². The largest absolute Gasteiger partial charge is 0.394 e. The van der Waals surface area contributed by atoms with Crippen LogP contribution in [-0.4, -0.2) is 23.2 Å². The summed E-state index contributed by atoms with van der Waals surface area (Å²) in [7, 11) is 0. The maximum absolute atomic E-state index is 12.2. The third-order valence-corrected chi connectivity index (χ3v) is 4.51. The van der Waals surface area contributed by atoms with Crippen LogP contribution in [0.5, 0.6) is 0 Å². The van der Waals surface area contributed by atoms with Gasteiger partial charge in [-0.1, -0.05) is 32.6 Å². The smallest absolute Gasteiger partial charge is 0.223 e. The molecule has 2 fully saturated rings. The average molecular weight is 239 g/mol. The van der Waals surface area contributed by atoms with E-state index in [9.17, 15) is 9.90 Å². The van der Waals surface area contributed by atoms with E-state index in [0.717, 1.165) is 32.1 Å². The lowest BCUT2D eigenvalue weighted by Crippen LogP contribution is -2.55. The van der Waals surface area contributed by atoms with E-state index in [1.54, 1.807) is 0 Å². The van der Waals surface area contributed by atoms with Gasteiger partial charge in [0.05, 0.1) is 12.1 Å². The van der Waals surface area contributed by atoms with Crippen molar-refractivity contribution in [2.75, 3.05) is 6.61 Å². The van der Waals surface area contributed by atoms with Gasteiger partial charge in [0.25, 0.3) is 0 Å². The van der Waals surface area contributed by atoms with Crippen LogP contribution in [0.2, 0.25) is 0 Å². The van der Waals surface area contributed by atoms with Crippen LogP contribution in [0.15, 0.2) is 0 Å². The van der Waals surface area contributed by atoms with Crippen molar-refractivity contribution < 1.29 is 9.90 Å². The highest BCUT2D eigenvalue weighted by Crippen LogP contribution is 2.33. The number of carbonyl (C=O) groups excluding carboxylic acids is 1. The van der Waals surface area contributed by atoms with Gasteiger partial charge in [-0.25, -0.2) is 0 Å². The van der Waals surface area contributed by atoms with Gasteiger partial charge in [0.15, 0.2) is 0 Å². The Balaban J connectivity index is 1.95. The maximum Gasteiger partial charge on any atom is 0.223 e. The Kier molecular flexibility index (Phi) is 4.08. The van der Waals surface area contributed by atoms with Gasteiger partial charge in [0, 0.05) is 5.92 Å². The lowest BCUT2D eigenvalue weighted by Gasteiger charge is -2.40. The highest BCUT2D eigenvalue weighted by atomic mass is 16.3. The van der Waals surface area contributed by atoms with Gasteiger partial charge >= 0.3 is 0 Å². The fourth-order valence-corrected chi connectivity index (χ4v) is 3.51. The van der Waals surface area contributed by atoms with E-state index >= 15 is 0 Å². The molecule has 0 aromatic carbocycles. The van der Waals surface area contributed by atoms with E-state index in [-0.39, 0.29) is 24.0 Å². The SMILES string of the molecule is CC1CCCC(CO)(NC(=O)C2CCCC2)C1. The molecule has 2 rings (SSSR count). The van der Waals surface area contributed by atoms with E-state index < -0.39 is 0 Å². The second-order valence-electron chi connectivity index (χ2n) is 6.11. The van der Waals surface area contributed by atoms with Crippen molar-refractivity contribution in [1.29, 1.82) is 0 Å². The van der Waals surface area contributed by atoms with E-state index in [1.807, 2.05) is 0 Å². The van der Waals surface area contributed by atoms with E-state index in [2.05, 4.69) is 12.2 Å².